The van der Waals surface area contributed by atoms with Crippen LogP contribution < -0.4 is 0 Å². The first-order valence-corrected chi connectivity index (χ1v) is 6.24. The molecule has 0 atom stereocenters. The molecule has 4 heteroatoms. The first kappa shape index (κ1) is 11.8. The van der Waals surface area contributed by atoms with E-state index in [1.54, 1.807) is 23.5 Å². The van der Waals surface area contributed by atoms with Crippen molar-refractivity contribution in [3.05, 3.63) is 40.5 Å². The Balaban J connectivity index is 2.59. The number of carbonyl (C=O) groups is 1. The van der Waals surface area contributed by atoms with E-state index in [9.17, 15) is 4.79 Å². The van der Waals surface area contributed by atoms with Crippen LogP contribution in [0.1, 0.15) is 28.0 Å². The lowest BCUT2D eigenvalue weighted by atomic mass is 10.1. The van der Waals surface area contributed by atoms with Gasteiger partial charge in [-0.05, 0) is 19.4 Å². The van der Waals surface area contributed by atoms with Gasteiger partial charge in [0.2, 0.25) is 0 Å². The Labute approximate surface area is 104 Å². The molecule has 2 aromatic rings. The zero-order valence-corrected chi connectivity index (χ0v) is 10.5. The maximum absolute atomic E-state index is 11.2. The standard InChI is InChI=1S/C13H13NO2S/c1-3-11-14-8(2)12(17-11)9-6-4-5-7-10(9)13(15)16/h4-7H,3H2,1-2H3,(H,15,16). The molecule has 0 aliphatic rings. The van der Waals surface area contributed by atoms with Gasteiger partial charge in [0.05, 0.1) is 21.1 Å². The van der Waals surface area contributed by atoms with Gasteiger partial charge in [-0.3, -0.25) is 0 Å². The molecule has 3 nitrogen and oxygen atoms in total. The van der Waals surface area contributed by atoms with Gasteiger partial charge >= 0.3 is 5.97 Å². The molecule has 88 valence electrons. The van der Waals surface area contributed by atoms with E-state index in [0.29, 0.717) is 5.56 Å². The lowest BCUT2D eigenvalue weighted by Gasteiger charge is -2.03. The van der Waals surface area contributed by atoms with E-state index in [1.807, 2.05) is 26.0 Å². The van der Waals surface area contributed by atoms with Crippen molar-refractivity contribution in [2.75, 3.05) is 0 Å². The number of nitrogens with zero attached hydrogens (tertiary/aromatic N) is 1. The molecule has 0 spiro atoms. The van der Waals surface area contributed by atoms with Crippen LogP contribution in [0.2, 0.25) is 0 Å². The predicted molar refractivity (Wildman–Crippen MR) is 68.6 cm³/mol. The highest BCUT2D eigenvalue weighted by Gasteiger charge is 2.15. The fourth-order valence-corrected chi connectivity index (χ4v) is 2.76. The quantitative estimate of drug-likeness (QED) is 0.904. The summed E-state index contributed by atoms with van der Waals surface area (Å²) in [5, 5.41) is 10.2. The average molecular weight is 247 g/mol. The number of aromatic nitrogens is 1. The van der Waals surface area contributed by atoms with Crippen molar-refractivity contribution < 1.29 is 9.90 Å². The lowest BCUT2D eigenvalue weighted by molar-refractivity contribution is 0.0698. The Hall–Kier alpha value is -1.68. The number of rotatable bonds is 3. The van der Waals surface area contributed by atoms with Crippen LogP contribution in [0.25, 0.3) is 10.4 Å². The molecule has 0 saturated heterocycles. The average Bonchev–Trinajstić information content (AvgIpc) is 2.70. The van der Waals surface area contributed by atoms with Gasteiger partial charge in [0.25, 0.3) is 0 Å². The van der Waals surface area contributed by atoms with Crippen molar-refractivity contribution in [3.8, 4) is 10.4 Å². The van der Waals surface area contributed by atoms with Gasteiger partial charge in [-0.25, -0.2) is 9.78 Å². The Morgan fingerprint density at radius 2 is 2.12 bits per heavy atom. The summed E-state index contributed by atoms with van der Waals surface area (Å²) in [5.41, 5.74) is 2.00. The largest absolute Gasteiger partial charge is 0.478 e. The third-order valence-electron chi connectivity index (χ3n) is 2.55. The Morgan fingerprint density at radius 3 is 2.71 bits per heavy atom. The first-order valence-electron chi connectivity index (χ1n) is 5.42. The van der Waals surface area contributed by atoms with Gasteiger partial charge in [-0.1, -0.05) is 25.1 Å². The second kappa shape index (κ2) is 4.67. The number of aromatic carboxylic acids is 1. The summed E-state index contributed by atoms with van der Waals surface area (Å²) < 4.78 is 0. The molecule has 17 heavy (non-hydrogen) atoms. The third-order valence-corrected chi connectivity index (χ3v) is 3.88. The molecule has 2 rings (SSSR count). The maximum Gasteiger partial charge on any atom is 0.336 e. The smallest absolute Gasteiger partial charge is 0.336 e. The normalized spacial score (nSPS) is 10.5. The number of benzene rings is 1. The minimum atomic E-state index is -0.897. The van der Waals surface area contributed by atoms with Crippen LogP contribution in [-0.4, -0.2) is 16.1 Å². The molecule has 0 saturated carbocycles. The number of hydrogen-bond donors (Lipinski definition) is 1. The van der Waals surface area contributed by atoms with Gasteiger partial charge in [0, 0.05) is 5.56 Å². The molecular formula is C13H13NO2S. The molecule has 1 N–H and O–H groups in total. The van der Waals surface area contributed by atoms with Gasteiger partial charge in [0.1, 0.15) is 0 Å². The van der Waals surface area contributed by atoms with Gasteiger partial charge < -0.3 is 5.11 Å². The van der Waals surface area contributed by atoms with Gasteiger partial charge in [-0.15, -0.1) is 11.3 Å². The fourth-order valence-electron chi connectivity index (χ4n) is 1.72. The summed E-state index contributed by atoms with van der Waals surface area (Å²) >= 11 is 1.57. The number of thiazole rings is 1. The highest BCUT2D eigenvalue weighted by molar-refractivity contribution is 7.15. The number of aryl methyl sites for hydroxylation is 2. The molecule has 1 aromatic heterocycles. The Kier molecular flexibility index (Phi) is 3.24. The van der Waals surface area contributed by atoms with Gasteiger partial charge in [-0.2, -0.15) is 0 Å². The molecule has 0 aliphatic heterocycles. The lowest BCUT2D eigenvalue weighted by Crippen LogP contribution is -1.98. The van der Waals surface area contributed by atoms with Crippen LogP contribution in [0.15, 0.2) is 24.3 Å². The van der Waals surface area contributed by atoms with Crippen LogP contribution in [0.3, 0.4) is 0 Å². The third kappa shape index (κ3) is 2.22. The second-order valence-corrected chi connectivity index (χ2v) is 4.81. The molecule has 1 aromatic carbocycles. The summed E-state index contributed by atoms with van der Waals surface area (Å²) in [4.78, 5) is 16.6. The van der Waals surface area contributed by atoms with E-state index in [0.717, 1.165) is 27.6 Å². The number of hydrogen-bond acceptors (Lipinski definition) is 3. The Morgan fingerprint density at radius 1 is 1.41 bits per heavy atom. The van der Waals surface area contributed by atoms with E-state index in [-0.39, 0.29) is 0 Å². The second-order valence-electron chi connectivity index (χ2n) is 3.73. The van der Waals surface area contributed by atoms with Crippen LogP contribution in [0.5, 0.6) is 0 Å². The van der Waals surface area contributed by atoms with E-state index in [1.165, 1.54) is 0 Å². The van der Waals surface area contributed by atoms with Crippen molar-refractivity contribution in [1.29, 1.82) is 0 Å². The highest BCUT2D eigenvalue weighted by Crippen LogP contribution is 2.32. The summed E-state index contributed by atoms with van der Waals surface area (Å²) in [6.07, 6.45) is 0.876. The molecule has 0 radical (unpaired) electrons. The molecule has 0 unspecified atom stereocenters. The summed E-state index contributed by atoms with van der Waals surface area (Å²) in [6.45, 7) is 3.97. The molecule has 0 bridgehead atoms. The summed E-state index contributed by atoms with van der Waals surface area (Å²) in [5.74, 6) is -0.897. The molecule has 1 heterocycles. The molecular weight excluding hydrogens is 234 g/mol. The van der Waals surface area contributed by atoms with Crippen molar-refractivity contribution in [1.82, 2.24) is 4.98 Å². The summed E-state index contributed by atoms with van der Waals surface area (Å²) in [7, 11) is 0. The van der Waals surface area contributed by atoms with Crippen molar-refractivity contribution >= 4 is 17.3 Å². The minimum absolute atomic E-state index is 0.335. The van der Waals surface area contributed by atoms with E-state index in [2.05, 4.69) is 4.98 Å². The number of carboxylic acids is 1. The van der Waals surface area contributed by atoms with Crippen LogP contribution in [0, 0.1) is 6.92 Å². The molecule has 0 fully saturated rings. The van der Waals surface area contributed by atoms with E-state index >= 15 is 0 Å². The predicted octanol–water partition coefficient (Wildman–Crippen LogP) is 3.38. The van der Waals surface area contributed by atoms with Crippen molar-refractivity contribution in [2.24, 2.45) is 0 Å². The minimum Gasteiger partial charge on any atom is -0.478 e. The van der Waals surface area contributed by atoms with E-state index < -0.39 is 5.97 Å². The Bertz CT molecular complexity index is 560. The number of carboxylic acid groups (broad SMARTS) is 1. The van der Waals surface area contributed by atoms with E-state index in [4.69, 9.17) is 5.11 Å². The molecule has 0 amide bonds. The topological polar surface area (TPSA) is 50.2 Å². The van der Waals surface area contributed by atoms with Crippen LogP contribution in [-0.2, 0) is 6.42 Å². The monoisotopic (exact) mass is 247 g/mol. The highest BCUT2D eigenvalue weighted by atomic mass is 32.1. The SMILES string of the molecule is CCc1nc(C)c(-c2ccccc2C(=O)O)s1. The van der Waals surface area contributed by atoms with Crippen LogP contribution in [0.4, 0.5) is 0 Å². The zero-order chi connectivity index (χ0) is 12.4. The first-order chi connectivity index (χ1) is 8.13. The van der Waals surface area contributed by atoms with Gasteiger partial charge in [0.15, 0.2) is 0 Å². The zero-order valence-electron chi connectivity index (χ0n) is 9.73. The van der Waals surface area contributed by atoms with Crippen molar-refractivity contribution in [2.45, 2.75) is 20.3 Å². The van der Waals surface area contributed by atoms with Crippen LogP contribution >= 0.6 is 11.3 Å². The summed E-state index contributed by atoms with van der Waals surface area (Å²) in [6, 6.07) is 7.06. The van der Waals surface area contributed by atoms with Crippen molar-refractivity contribution in [3.63, 3.8) is 0 Å². The maximum atomic E-state index is 11.2. The fraction of sp³-hybridized carbons (Fsp3) is 0.231. The molecule has 0 aliphatic carbocycles.